The van der Waals surface area contributed by atoms with Crippen molar-refractivity contribution < 1.29 is 14.7 Å². The van der Waals surface area contributed by atoms with Crippen molar-refractivity contribution in [3.05, 3.63) is 29.8 Å². The van der Waals surface area contributed by atoms with Crippen molar-refractivity contribution in [2.24, 2.45) is 0 Å². The Morgan fingerprint density at radius 1 is 1.12 bits per heavy atom. The lowest BCUT2D eigenvalue weighted by molar-refractivity contribution is -0.142. The van der Waals surface area contributed by atoms with E-state index in [1.807, 2.05) is 4.90 Å². The number of amides is 1. The number of aliphatic carboxylic acids is 1. The first kappa shape index (κ1) is 18.7. The Kier molecular flexibility index (Phi) is 6.14. The second-order valence-corrected chi connectivity index (χ2v) is 7.44. The molecule has 0 spiro atoms. The number of benzene rings is 1. The standard InChI is InChI=1S/C20H29N3O3/c1-16-5-4-7-17(13-16)22-11-9-21(10-12-22)15-19(24)23-8-3-2-6-18(23)14-20(25)26/h4-5,7,13,18H,2-3,6,8-12,14-15H2,1H3,(H,25,26)/t18-/m0/s1. The number of anilines is 1. The molecule has 2 fully saturated rings. The quantitative estimate of drug-likeness (QED) is 0.871. The predicted molar refractivity (Wildman–Crippen MR) is 101 cm³/mol. The fraction of sp³-hybridized carbons (Fsp3) is 0.600. The topological polar surface area (TPSA) is 64.1 Å². The molecule has 0 aliphatic carbocycles. The van der Waals surface area contributed by atoms with Crippen LogP contribution in [0, 0.1) is 6.92 Å². The zero-order chi connectivity index (χ0) is 18.5. The minimum atomic E-state index is -0.818. The summed E-state index contributed by atoms with van der Waals surface area (Å²) in [6, 6.07) is 8.38. The van der Waals surface area contributed by atoms with Gasteiger partial charge in [0.2, 0.25) is 5.91 Å². The van der Waals surface area contributed by atoms with Crippen molar-refractivity contribution in [1.29, 1.82) is 0 Å². The summed E-state index contributed by atoms with van der Waals surface area (Å²) in [5, 5.41) is 9.09. The summed E-state index contributed by atoms with van der Waals surface area (Å²) < 4.78 is 0. The second kappa shape index (κ2) is 8.54. The lowest BCUT2D eigenvalue weighted by Gasteiger charge is -2.39. The van der Waals surface area contributed by atoms with E-state index in [1.54, 1.807) is 0 Å². The molecule has 0 saturated carbocycles. The molecule has 142 valence electrons. The number of rotatable bonds is 5. The Morgan fingerprint density at radius 2 is 1.88 bits per heavy atom. The molecule has 0 bridgehead atoms. The van der Waals surface area contributed by atoms with Crippen LogP contribution in [0.3, 0.4) is 0 Å². The first-order valence-electron chi connectivity index (χ1n) is 9.58. The number of carbonyl (C=O) groups is 2. The average Bonchev–Trinajstić information content (AvgIpc) is 2.62. The molecule has 6 heteroatoms. The maximum absolute atomic E-state index is 12.7. The number of carboxylic acids is 1. The highest BCUT2D eigenvalue weighted by Crippen LogP contribution is 2.21. The Balaban J connectivity index is 1.52. The Bertz CT molecular complexity index is 641. The zero-order valence-electron chi connectivity index (χ0n) is 15.6. The van der Waals surface area contributed by atoms with Crippen LogP contribution >= 0.6 is 0 Å². The monoisotopic (exact) mass is 359 g/mol. The van der Waals surface area contributed by atoms with Crippen molar-refractivity contribution in [2.75, 3.05) is 44.2 Å². The fourth-order valence-corrected chi connectivity index (χ4v) is 4.01. The van der Waals surface area contributed by atoms with Crippen molar-refractivity contribution in [3.8, 4) is 0 Å². The number of likely N-dealkylation sites (tertiary alicyclic amines) is 1. The van der Waals surface area contributed by atoms with Crippen LogP contribution in [0.5, 0.6) is 0 Å². The minimum absolute atomic E-state index is 0.0624. The molecule has 2 aliphatic rings. The molecule has 26 heavy (non-hydrogen) atoms. The number of hydrogen-bond donors (Lipinski definition) is 1. The third-order valence-electron chi connectivity index (χ3n) is 5.46. The van der Waals surface area contributed by atoms with E-state index >= 15 is 0 Å². The number of carboxylic acid groups (broad SMARTS) is 1. The number of hydrogen-bond acceptors (Lipinski definition) is 4. The summed E-state index contributed by atoms with van der Waals surface area (Å²) in [5.74, 6) is -0.735. The molecule has 1 atom stereocenters. The molecule has 2 saturated heterocycles. The fourth-order valence-electron chi connectivity index (χ4n) is 4.01. The first-order chi connectivity index (χ1) is 12.5. The van der Waals surface area contributed by atoms with Gasteiger partial charge in [-0.15, -0.1) is 0 Å². The maximum atomic E-state index is 12.7. The Morgan fingerprint density at radius 3 is 2.58 bits per heavy atom. The van der Waals surface area contributed by atoms with Gasteiger partial charge in [-0.2, -0.15) is 0 Å². The lowest BCUT2D eigenvalue weighted by atomic mass is 9.99. The number of piperidine rings is 1. The average molecular weight is 359 g/mol. The number of carbonyl (C=O) groups excluding carboxylic acids is 1. The summed E-state index contributed by atoms with van der Waals surface area (Å²) in [4.78, 5) is 30.2. The SMILES string of the molecule is Cc1cccc(N2CCN(CC(=O)N3CCCC[C@H]3CC(=O)O)CC2)c1. The Labute approximate surface area is 155 Å². The van der Waals surface area contributed by atoms with Gasteiger partial charge in [-0.25, -0.2) is 0 Å². The van der Waals surface area contributed by atoms with Gasteiger partial charge < -0.3 is 14.9 Å². The van der Waals surface area contributed by atoms with E-state index < -0.39 is 5.97 Å². The number of piperazine rings is 1. The third kappa shape index (κ3) is 4.75. The molecule has 2 heterocycles. The summed E-state index contributed by atoms with van der Waals surface area (Å²) in [6.07, 6.45) is 2.85. The van der Waals surface area contributed by atoms with Crippen LogP contribution in [0.15, 0.2) is 24.3 Å². The van der Waals surface area contributed by atoms with Gasteiger partial charge in [0.25, 0.3) is 0 Å². The molecule has 0 aromatic heterocycles. The van der Waals surface area contributed by atoms with E-state index in [2.05, 4.69) is 41.0 Å². The molecule has 1 aromatic carbocycles. The van der Waals surface area contributed by atoms with E-state index in [0.717, 1.165) is 45.4 Å². The predicted octanol–water partition coefficient (Wildman–Crippen LogP) is 1.97. The number of nitrogens with zero attached hydrogens (tertiary/aromatic N) is 3. The van der Waals surface area contributed by atoms with Crippen molar-refractivity contribution in [3.63, 3.8) is 0 Å². The molecule has 3 rings (SSSR count). The largest absolute Gasteiger partial charge is 0.481 e. The molecular weight excluding hydrogens is 330 g/mol. The van der Waals surface area contributed by atoms with Crippen molar-refractivity contribution >= 4 is 17.6 Å². The highest BCUT2D eigenvalue weighted by Gasteiger charge is 2.30. The molecule has 1 N–H and O–H groups in total. The molecule has 0 unspecified atom stereocenters. The minimum Gasteiger partial charge on any atom is -0.481 e. The van der Waals surface area contributed by atoms with Gasteiger partial charge in [0.05, 0.1) is 13.0 Å². The summed E-state index contributed by atoms with van der Waals surface area (Å²) in [6.45, 7) is 6.74. The number of aryl methyl sites for hydroxylation is 1. The normalized spacial score (nSPS) is 21.7. The van der Waals surface area contributed by atoms with E-state index in [1.165, 1.54) is 11.3 Å². The van der Waals surface area contributed by atoms with E-state index in [0.29, 0.717) is 13.1 Å². The first-order valence-corrected chi connectivity index (χ1v) is 9.58. The lowest BCUT2D eigenvalue weighted by Crippen LogP contribution is -2.52. The third-order valence-corrected chi connectivity index (χ3v) is 5.46. The van der Waals surface area contributed by atoms with Crippen LogP contribution in [0.2, 0.25) is 0 Å². The van der Waals surface area contributed by atoms with Crippen molar-refractivity contribution in [2.45, 2.75) is 38.6 Å². The van der Waals surface area contributed by atoms with E-state index in [-0.39, 0.29) is 18.4 Å². The van der Waals surface area contributed by atoms with Gasteiger partial charge >= 0.3 is 5.97 Å². The van der Waals surface area contributed by atoms with Gasteiger partial charge in [-0.1, -0.05) is 12.1 Å². The molecule has 0 radical (unpaired) electrons. The van der Waals surface area contributed by atoms with Gasteiger partial charge in [0.1, 0.15) is 0 Å². The summed E-state index contributed by atoms with van der Waals surface area (Å²) >= 11 is 0. The maximum Gasteiger partial charge on any atom is 0.305 e. The molecular formula is C20H29N3O3. The molecule has 6 nitrogen and oxygen atoms in total. The summed E-state index contributed by atoms with van der Waals surface area (Å²) in [5.41, 5.74) is 2.50. The van der Waals surface area contributed by atoms with Gasteiger partial charge in [0.15, 0.2) is 0 Å². The summed E-state index contributed by atoms with van der Waals surface area (Å²) in [7, 11) is 0. The zero-order valence-corrected chi connectivity index (χ0v) is 15.6. The van der Waals surface area contributed by atoms with Crippen LogP contribution in [0.25, 0.3) is 0 Å². The van der Waals surface area contributed by atoms with Gasteiger partial charge in [-0.05, 0) is 43.9 Å². The van der Waals surface area contributed by atoms with Gasteiger partial charge in [-0.3, -0.25) is 14.5 Å². The van der Waals surface area contributed by atoms with Crippen LogP contribution in [-0.4, -0.2) is 72.1 Å². The molecule has 2 aliphatic heterocycles. The van der Waals surface area contributed by atoms with Gasteiger partial charge in [0, 0.05) is 44.5 Å². The van der Waals surface area contributed by atoms with Crippen LogP contribution in [0.1, 0.15) is 31.2 Å². The molecule has 1 amide bonds. The van der Waals surface area contributed by atoms with Crippen LogP contribution in [-0.2, 0) is 9.59 Å². The van der Waals surface area contributed by atoms with E-state index in [4.69, 9.17) is 5.11 Å². The van der Waals surface area contributed by atoms with Crippen molar-refractivity contribution in [1.82, 2.24) is 9.80 Å². The molecule has 1 aromatic rings. The van der Waals surface area contributed by atoms with Crippen LogP contribution < -0.4 is 4.90 Å². The smallest absolute Gasteiger partial charge is 0.305 e. The van der Waals surface area contributed by atoms with Crippen LogP contribution in [0.4, 0.5) is 5.69 Å². The second-order valence-electron chi connectivity index (χ2n) is 7.44. The Hall–Kier alpha value is -2.08. The highest BCUT2D eigenvalue weighted by molar-refractivity contribution is 5.79. The highest BCUT2D eigenvalue weighted by atomic mass is 16.4. The van der Waals surface area contributed by atoms with E-state index in [9.17, 15) is 9.59 Å².